The van der Waals surface area contributed by atoms with Crippen LogP contribution in [0.1, 0.15) is 0 Å². The molecule has 0 heterocycles. The Labute approximate surface area is 79.7 Å². The second-order valence-corrected chi connectivity index (χ2v) is 2.26. The van der Waals surface area contributed by atoms with Crippen molar-refractivity contribution in [2.75, 3.05) is 0 Å². The van der Waals surface area contributed by atoms with Gasteiger partial charge in [-0.2, -0.15) is 4.21 Å². The number of rotatable bonds is 3. The lowest BCUT2D eigenvalue weighted by Crippen LogP contribution is -2.39. The van der Waals surface area contributed by atoms with Gasteiger partial charge >= 0.3 is 11.9 Å². The third-order valence-corrected chi connectivity index (χ3v) is 0.805. The van der Waals surface area contributed by atoms with Gasteiger partial charge in [-0.1, -0.05) is 0 Å². The summed E-state index contributed by atoms with van der Waals surface area (Å²) in [6.45, 7) is 0. The standard InChI is InChI=1S/C4H6O6.H2O3S/c5-1(3(7)8)2(6)4(9)10;1-4(2)3/h1-2,5-6H,(H,7,8)(H,9,10);(H2,1,2,3). The van der Waals surface area contributed by atoms with Crippen LogP contribution >= 0.6 is 0 Å². The normalized spacial score (nSPS) is 13.8. The molecule has 14 heavy (non-hydrogen) atoms. The molecule has 0 aromatic carbocycles. The highest BCUT2D eigenvalue weighted by Gasteiger charge is 2.29. The van der Waals surface area contributed by atoms with Crippen LogP contribution < -0.4 is 0 Å². The van der Waals surface area contributed by atoms with Crippen molar-refractivity contribution in [2.24, 2.45) is 0 Å². The van der Waals surface area contributed by atoms with Crippen molar-refractivity contribution >= 4 is 23.3 Å². The molecular weight excluding hydrogens is 224 g/mol. The molecule has 0 bridgehead atoms. The largest absolute Gasteiger partial charge is 0.479 e. The Morgan fingerprint density at radius 1 is 0.929 bits per heavy atom. The van der Waals surface area contributed by atoms with Crippen molar-refractivity contribution < 1.29 is 43.3 Å². The first-order valence-electron chi connectivity index (χ1n) is 2.81. The Bertz CT molecular complexity index is 203. The van der Waals surface area contributed by atoms with Crippen LogP contribution in [-0.2, 0) is 21.0 Å². The summed E-state index contributed by atoms with van der Waals surface area (Å²) in [5.41, 5.74) is 0. The third-order valence-electron chi connectivity index (χ3n) is 0.805. The zero-order chi connectivity index (χ0) is 11.9. The number of carboxylic acid groups (broad SMARTS) is 2. The molecule has 6 N–H and O–H groups in total. The zero-order valence-corrected chi connectivity index (χ0v) is 7.29. The lowest BCUT2D eigenvalue weighted by atomic mass is 10.2. The molecule has 0 spiro atoms. The molecule has 2 atom stereocenters. The van der Waals surface area contributed by atoms with Crippen molar-refractivity contribution in [3.8, 4) is 0 Å². The monoisotopic (exact) mass is 232 g/mol. The second-order valence-electron chi connectivity index (χ2n) is 1.80. The van der Waals surface area contributed by atoms with Crippen molar-refractivity contribution in [2.45, 2.75) is 12.2 Å². The van der Waals surface area contributed by atoms with Gasteiger partial charge in [0.15, 0.2) is 12.2 Å². The van der Waals surface area contributed by atoms with Crippen LogP contribution in [0.4, 0.5) is 0 Å². The molecule has 0 aromatic heterocycles. The van der Waals surface area contributed by atoms with E-state index in [-0.39, 0.29) is 0 Å². The molecule has 0 radical (unpaired) electrons. The zero-order valence-electron chi connectivity index (χ0n) is 6.47. The highest BCUT2D eigenvalue weighted by molar-refractivity contribution is 7.73. The maximum atomic E-state index is 9.77. The smallest absolute Gasteiger partial charge is 0.335 e. The van der Waals surface area contributed by atoms with Crippen molar-refractivity contribution in [3.63, 3.8) is 0 Å². The first-order chi connectivity index (χ1) is 6.20. The lowest BCUT2D eigenvalue weighted by molar-refractivity contribution is -0.165. The average Bonchev–Trinajstić information content (AvgIpc) is 2.00. The van der Waals surface area contributed by atoms with Gasteiger partial charge in [-0.3, -0.25) is 9.11 Å². The Morgan fingerprint density at radius 3 is 1.14 bits per heavy atom. The van der Waals surface area contributed by atoms with E-state index in [1.165, 1.54) is 0 Å². The molecule has 0 aliphatic rings. The number of hydrogen-bond acceptors (Lipinski definition) is 5. The van der Waals surface area contributed by atoms with Gasteiger partial charge in [0.25, 0.3) is 11.4 Å². The van der Waals surface area contributed by atoms with E-state index in [0.29, 0.717) is 0 Å². The van der Waals surface area contributed by atoms with Crippen molar-refractivity contribution in [1.82, 2.24) is 0 Å². The molecule has 9 nitrogen and oxygen atoms in total. The van der Waals surface area contributed by atoms with Crippen LogP contribution in [0.25, 0.3) is 0 Å². The summed E-state index contributed by atoms with van der Waals surface area (Å²) in [5, 5.41) is 32.5. The summed E-state index contributed by atoms with van der Waals surface area (Å²) in [4.78, 5) is 19.5. The predicted octanol–water partition coefficient (Wildman–Crippen LogP) is -2.44. The van der Waals surface area contributed by atoms with Gasteiger partial charge in [0, 0.05) is 0 Å². The van der Waals surface area contributed by atoms with E-state index in [9.17, 15) is 9.59 Å². The molecule has 0 aromatic rings. The number of aliphatic hydroxyl groups is 2. The van der Waals surface area contributed by atoms with Gasteiger partial charge < -0.3 is 20.4 Å². The molecule has 10 heteroatoms. The van der Waals surface area contributed by atoms with Crippen LogP contribution in [0.3, 0.4) is 0 Å². The minimum atomic E-state index is -2.61. The molecule has 0 saturated carbocycles. The van der Waals surface area contributed by atoms with E-state index >= 15 is 0 Å². The summed E-state index contributed by atoms with van der Waals surface area (Å²) >= 11 is -2.61. The summed E-state index contributed by atoms with van der Waals surface area (Å²) in [6.07, 6.45) is -4.53. The Morgan fingerprint density at radius 2 is 1.07 bits per heavy atom. The SMILES string of the molecule is O=C(O)C(O)C(O)C(=O)O.O=S(O)O. The molecule has 0 rings (SSSR count). The lowest BCUT2D eigenvalue weighted by Gasteiger charge is -2.07. The molecule has 2 unspecified atom stereocenters. The summed E-state index contributed by atoms with van der Waals surface area (Å²) in [6, 6.07) is 0. The first-order valence-corrected chi connectivity index (χ1v) is 3.88. The molecule has 0 aliphatic carbocycles. The highest BCUT2D eigenvalue weighted by Crippen LogP contribution is 1.92. The van der Waals surface area contributed by atoms with Crippen LogP contribution in [0.2, 0.25) is 0 Å². The van der Waals surface area contributed by atoms with Crippen molar-refractivity contribution in [1.29, 1.82) is 0 Å². The highest BCUT2D eigenvalue weighted by atomic mass is 32.2. The Kier molecular flexibility index (Phi) is 8.08. The quantitative estimate of drug-likeness (QED) is 0.289. The summed E-state index contributed by atoms with van der Waals surface area (Å²) < 4.78 is 22.8. The number of carboxylic acids is 2. The van der Waals surface area contributed by atoms with Crippen LogP contribution in [-0.4, -0.2) is 57.9 Å². The maximum Gasteiger partial charge on any atom is 0.335 e. The van der Waals surface area contributed by atoms with Crippen LogP contribution in [0, 0.1) is 0 Å². The Hall–Kier alpha value is -1.07. The van der Waals surface area contributed by atoms with E-state index in [1.807, 2.05) is 0 Å². The van der Waals surface area contributed by atoms with Gasteiger partial charge in [-0.05, 0) is 0 Å². The van der Waals surface area contributed by atoms with Gasteiger partial charge in [-0.15, -0.1) is 0 Å². The number of carbonyl (C=O) groups is 2. The molecular formula is C4H8O9S. The summed E-state index contributed by atoms with van der Waals surface area (Å²) in [7, 11) is 0. The number of aliphatic hydroxyl groups excluding tert-OH is 2. The Balaban J connectivity index is 0. The third kappa shape index (κ3) is 9.02. The topological polar surface area (TPSA) is 173 Å². The van der Waals surface area contributed by atoms with E-state index in [4.69, 9.17) is 33.7 Å². The second kappa shape index (κ2) is 7.34. The van der Waals surface area contributed by atoms with Gasteiger partial charge in [0.1, 0.15) is 0 Å². The van der Waals surface area contributed by atoms with E-state index in [0.717, 1.165) is 0 Å². The van der Waals surface area contributed by atoms with Crippen LogP contribution in [0.5, 0.6) is 0 Å². The molecule has 84 valence electrons. The minimum Gasteiger partial charge on any atom is -0.479 e. The number of hydrogen-bond donors (Lipinski definition) is 6. The first kappa shape index (κ1) is 15.4. The minimum absolute atomic E-state index is 1.77. The molecule has 0 saturated heterocycles. The number of aliphatic carboxylic acids is 2. The van der Waals surface area contributed by atoms with Gasteiger partial charge in [0.2, 0.25) is 0 Å². The van der Waals surface area contributed by atoms with Crippen molar-refractivity contribution in [3.05, 3.63) is 0 Å². The van der Waals surface area contributed by atoms with Gasteiger partial charge in [-0.25, -0.2) is 9.59 Å². The predicted molar refractivity (Wildman–Crippen MR) is 40.7 cm³/mol. The van der Waals surface area contributed by atoms with Gasteiger partial charge in [0.05, 0.1) is 0 Å². The fourth-order valence-corrected chi connectivity index (χ4v) is 0.270. The maximum absolute atomic E-state index is 9.77. The molecule has 0 fully saturated rings. The average molecular weight is 232 g/mol. The van der Waals surface area contributed by atoms with E-state index in [1.54, 1.807) is 0 Å². The van der Waals surface area contributed by atoms with Crippen LogP contribution in [0.15, 0.2) is 0 Å². The molecule has 0 aliphatic heterocycles. The summed E-state index contributed by atoms with van der Waals surface area (Å²) in [5.74, 6) is -3.54. The fourth-order valence-electron chi connectivity index (χ4n) is 0.270. The van der Waals surface area contributed by atoms with E-state index < -0.39 is 35.5 Å². The van der Waals surface area contributed by atoms with E-state index in [2.05, 4.69) is 0 Å². The fraction of sp³-hybridized carbons (Fsp3) is 0.500. The molecule has 0 amide bonds.